The Morgan fingerprint density at radius 3 is 2.40 bits per heavy atom. The summed E-state index contributed by atoms with van der Waals surface area (Å²) in [6, 6.07) is 22.0. The SMILES string of the molecule is COc1ccc(-n2cc(C(=O)Nc3cccc(SC)c3)c3ccccc3c2=O)cc1. The zero-order valence-electron chi connectivity index (χ0n) is 16.6. The van der Waals surface area contributed by atoms with Crippen molar-refractivity contribution in [3.8, 4) is 11.4 Å². The van der Waals surface area contributed by atoms with Crippen LogP contribution in [-0.4, -0.2) is 23.8 Å². The van der Waals surface area contributed by atoms with Gasteiger partial charge in [-0.15, -0.1) is 11.8 Å². The van der Waals surface area contributed by atoms with Crippen molar-refractivity contribution in [2.75, 3.05) is 18.7 Å². The summed E-state index contributed by atoms with van der Waals surface area (Å²) in [6.45, 7) is 0. The summed E-state index contributed by atoms with van der Waals surface area (Å²) in [4.78, 5) is 27.3. The van der Waals surface area contributed by atoms with Crippen molar-refractivity contribution in [3.05, 3.63) is 94.9 Å². The number of hydrogen-bond donors (Lipinski definition) is 1. The number of benzene rings is 3. The minimum atomic E-state index is -0.272. The van der Waals surface area contributed by atoms with Crippen molar-refractivity contribution in [1.29, 1.82) is 0 Å². The Bertz CT molecular complexity index is 1280. The first kappa shape index (κ1) is 19.8. The number of anilines is 1. The van der Waals surface area contributed by atoms with Crippen LogP contribution in [0.2, 0.25) is 0 Å². The number of nitrogens with one attached hydrogen (secondary N) is 1. The Morgan fingerprint density at radius 1 is 0.967 bits per heavy atom. The zero-order valence-corrected chi connectivity index (χ0v) is 17.4. The molecule has 0 unspecified atom stereocenters. The summed E-state index contributed by atoms with van der Waals surface area (Å²) in [6.07, 6.45) is 3.58. The van der Waals surface area contributed by atoms with Crippen LogP contribution in [0.5, 0.6) is 5.75 Å². The summed E-state index contributed by atoms with van der Waals surface area (Å²) >= 11 is 1.61. The number of pyridine rings is 1. The number of methoxy groups -OCH3 is 1. The maximum absolute atomic E-state index is 13.2. The molecular formula is C24H20N2O3S. The highest BCUT2D eigenvalue weighted by Crippen LogP contribution is 2.22. The smallest absolute Gasteiger partial charge is 0.262 e. The first-order valence-electron chi connectivity index (χ1n) is 9.35. The highest BCUT2D eigenvalue weighted by molar-refractivity contribution is 7.98. The predicted molar refractivity (Wildman–Crippen MR) is 122 cm³/mol. The van der Waals surface area contributed by atoms with Gasteiger partial charge in [-0.3, -0.25) is 14.2 Å². The van der Waals surface area contributed by atoms with Crippen molar-refractivity contribution >= 4 is 34.1 Å². The second-order valence-electron chi connectivity index (χ2n) is 6.65. The molecular weight excluding hydrogens is 396 g/mol. The minimum Gasteiger partial charge on any atom is -0.497 e. The Morgan fingerprint density at radius 2 is 1.70 bits per heavy atom. The van der Waals surface area contributed by atoms with Crippen LogP contribution in [-0.2, 0) is 0 Å². The average molecular weight is 417 g/mol. The van der Waals surface area contributed by atoms with E-state index in [1.165, 1.54) is 4.57 Å². The number of nitrogens with zero attached hydrogens (tertiary/aromatic N) is 1. The molecule has 1 heterocycles. The molecule has 150 valence electrons. The normalized spacial score (nSPS) is 10.7. The van der Waals surface area contributed by atoms with Crippen LogP contribution < -0.4 is 15.6 Å². The molecule has 0 bridgehead atoms. The number of fused-ring (bicyclic) bond motifs is 1. The fourth-order valence-electron chi connectivity index (χ4n) is 3.31. The fourth-order valence-corrected chi connectivity index (χ4v) is 3.77. The number of amides is 1. The maximum atomic E-state index is 13.2. The summed E-state index contributed by atoms with van der Waals surface area (Å²) in [5, 5.41) is 4.06. The monoisotopic (exact) mass is 416 g/mol. The van der Waals surface area contributed by atoms with Crippen molar-refractivity contribution in [2.45, 2.75) is 4.90 Å². The molecule has 0 saturated carbocycles. The fraction of sp³-hybridized carbons (Fsp3) is 0.0833. The van der Waals surface area contributed by atoms with Gasteiger partial charge in [0.15, 0.2) is 0 Å². The van der Waals surface area contributed by atoms with Crippen LogP contribution >= 0.6 is 11.8 Å². The molecule has 1 aromatic heterocycles. The third-order valence-electron chi connectivity index (χ3n) is 4.85. The molecule has 4 aromatic rings. The average Bonchev–Trinajstić information content (AvgIpc) is 2.79. The van der Waals surface area contributed by atoms with E-state index in [1.807, 2.05) is 36.6 Å². The summed E-state index contributed by atoms with van der Waals surface area (Å²) in [5.74, 6) is 0.422. The van der Waals surface area contributed by atoms with E-state index in [-0.39, 0.29) is 11.5 Å². The van der Waals surface area contributed by atoms with Crippen LogP contribution in [0, 0.1) is 0 Å². The molecule has 4 rings (SSSR count). The molecule has 6 heteroatoms. The van der Waals surface area contributed by atoms with E-state index in [1.54, 1.807) is 67.5 Å². The van der Waals surface area contributed by atoms with Crippen molar-refractivity contribution in [1.82, 2.24) is 4.57 Å². The second kappa shape index (κ2) is 8.47. The Kier molecular flexibility index (Phi) is 5.59. The van der Waals surface area contributed by atoms with Gasteiger partial charge in [-0.05, 0) is 54.8 Å². The summed E-state index contributed by atoms with van der Waals surface area (Å²) < 4.78 is 6.69. The van der Waals surface area contributed by atoms with Crippen molar-refractivity contribution in [2.24, 2.45) is 0 Å². The number of rotatable bonds is 5. The van der Waals surface area contributed by atoms with E-state index in [0.717, 1.165) is 4.90 Å². The topological polar surface area (TPSA) is 60.3 Å². The first-order chi connectivity index (χ1) is 14.6. The molecule has 0 aliphatic rings. The molecule has 0 fully saturated rings. The molecule has 5 nitrogen and oxygen atoms in total. The maximum Gasteiger partial charge on any atom is 0.262 e. The number of carbonyl (C=O) groups is 1. The lowest BCUT2D eigenvalue weighted by molar-refractivity contribution is 0.102. The molecule has 0 saturated heterocycles. The minimum absolute atomic E-state index is 0.184. The van der Waals surface area contributed by atoms with E-state index in [4.69, 9.17) is 4.74 Å². The van der Waals surface area contributed by atoms with Crippen LogP contribution in [0.15, 0.2) is 88.7 Å². The molecule has 3 aromatic carbocycles. The molecule has 0 radical (unpaired) electrons. The molecule has 0 atom stereocenters. The van der Waals surface area contributed by atoms with E-state index < -0.39 is 0 Å². The number of thioether (sulfide) groups is 1. The van der Waals surface area contributed by atoms with Crippen molar-refractivity contribution < 1.29 is 9.53 Å². The third-order valence-corrected chi connectivity index (χ3v) is 5.57. The predicted octanol–water partition coefficient (Wildman–Crippen LogP) is 4.97. The molecule has 0 spiro atoms. The van der Waals surface area contributed by atoms with Crippen LogP contribution in [0.25, 0.3) is 16.5 Å². The molecule has 0 aliphatic carbocycles. The first-order valence-corrected chi connectivity index (χ1v) is 10.6. The second-order valence-corrected chi connectivity index (χ2v) is 7.53. The lowest BCUT2D eigenvalue weighted by Gasteiger charge is -2.13. The van der Waals surface area contributed by atoms with Gasteiger partial charge in [-0.2, -0.15) is 0 Å². The summed E-state index contributed by atoms with van der Waals surface area (Å²) in [5.41, 5.74) is 1.61. The van der Waals surface area contributed by atoms with Crippen LogP contribution in [0.4, 0.5) is 5.69 Å². The number of aromatic nitrogens is 1. The molecule has 1 amide bonds. The van der Waals surface area contributed by atoms with E-state index in [9.17, 15) is 9.59 Å². The summed E-state index contributed by atoms with van der Waals surface area (Å²) in [7, 11) is 1.59. The molecule has 30 heavy (non-hydrogen) atoms. The highest BCUT2D eigenvalue weighted by atomic mass is 32.2. The largest absolute Gasteiger partial charge is 0.497 e. The van der Waals surface area contributed by atoms with Gasteiger partial charge in [-0.1, -0.05) is 24.3 Å². The molecule has 0 aliphatic heterocycles. The third kappa shape index (κ3) is 3.82. The Balaban J connectivity index is 1.82. The van der Waals surface area contributed by atoms with E-state index >= 15 is 0 Å². The van der Waals surface area contributed by atoms with E-state index in [2.05, 4.69) is 5.32 Å². The molecule has 1 N–H and O–H groups in total. The Labute approximate surface area is 178 Å². The zero-order chi connectivity index (χ0) is 21.1. The standard InChI is InChI=1S/C24H20N2O3S/c1-29-18-12-10-17(11-13-18)26-15-22(20-8-3-4-9-21(20)24(26)28)23(27)25-16-6-5-7-19(14-16)30-2/h3-15H,1-2H3,(H,25,27). The Hall–Kier alpha value is -3.51. The van der Waals surface area contributed by atoms with Crippen LogP contribution in [0.3, 0.4) is 0 Å². The quantitative estimate of drug-likeness (QED) is 0.467. The van der Waals surface area contributed by atoms with Crippen LogP contribution in [0.1, 0.15) is 10.4 Å². The highest BCUT2D eigenvalue weighted by Gasteiger charge is 2.16. The van der Waals surface area contributed by atoms with Crippen molar-refractivity contribution in [3.63, 3.8) is 0 Å². The van der Waals surface area contributed by atoms with Gasteiger partial charge in [0.1, 0.15) is 5.75 Å². The van der Waals surface area contributed by atoms with Gasteiger partial charge in [0.05, 0.1) is 12.7 Å². The lowest BCUT2D eigenvalue weighted by Crippen LogP contribution is -2.22. The van der Waals surface area contributed by atoms with Gasteiger partial charge >= 0.3 is 0 Å². The van der Waals surface area contributed by atoms with Gasteiger partial charge < -0.3 is 10.1 Å². The number of carbonyl (C=O) groups excluding carboxylic acids is 1. The van der Waals surface area contributed by atoms with Gasteiger partial charge in [0.25, 0.3) is 11.5 Å². The van der Waals surface area contributed by atoms with Gasteiger partial charge in [0, 0.05) is 33.2 Å². The number of hydrogen-bond acceptors (Lipinski definition) is 4. The lowest BCUT2D eigenvalue weighted by atomic mass is 10.1. The van der Waals surface area contributed by atoms with E-state index in [0.29, 0.717) is 33.5 Å². The van der Waals surface area contributed by atoms with Gasteiger partial charge in [0.2, 0.25) is 0 Å². The van der Waals surface area contributed by atoms with Gasteiger partial charge in [-0.25, -0.2) is 0 Å². The number of ether oxygens (including phenoxy) is 1.